The minimum Gasteiger partial charge on any atom is -0.314 e. The summed E-state index contributed by atoms with van der Waals surface area (Å²) in [6.07, 6.45) is 1.00. The van der Waals surface area contributed by atoms with Gasteiger partial charge in [-0.2, -0.15) is 0 Å². The second kappa shape index (κ2) is 5.02. The van der Waals surface area contributed by atoms with Crippen molar-refractivity contribution in [2.24, 2.45) is 7.05 Å². The van der Waals surface area contributed by atoms with Gasteiger partial charge in [-0.3, -0.25) is 4.79 Å². The first kappa shape index (κ1) is 12.3. The van der Waals surface area contributed by atoms with E-state index in [1.165, 1.54) is 16.9 Å². The fourth-order valence-corrected chi connectivity index (χ4v) is 2.78. The number of rotatable bonds is 4. The monoisotopic (exact) mass is 250 g/mol. The predicted octanol–water partition coefficient (Wildman–Crippen LogP) is 2.14. The van der Waals surface area contributed by atoms with E-state index < -0.39 is 0 Å². The van der Waals surface area contributed by atoms with Crippen LogP contribution in [0.4, 0.5) is 0 Å². The number of fused-ring (bicyclic) bond motifs is 1. The lowest BCUT2D eigenvalue weighted by Gasteiger charge is -2.07. The van der Waals surface area contributed by atoms with Crippen molar-refractivity contribution in [1.82, 2.24) is 9.88 Å². The van der Waals surface area contributed by atoms with Crippen molar-refractivity contribution in [3.05, 3.63) is 33.4 Å². The highest BCUT2D eigenvalue weighted by Gasteiger charge is 2.04. The molecule has 3 nitrogen and oxygen atoms in total. The van der Waals surface area contributed by atoms with Crippen LogP contribution in [-0.4, -0.2) is 17.2 Å². The van der Waals surface area contributed by atoms with Crippen LogP contribution in [-0.2, 0) is 13.5 Å². The van der Waals surface area contributed by atoms with Crippen molar-refractivity contribution in [3.63, 3.8) is 0 Å². The molecule has 0 unspecified atom stereocenters. The Kier molecular flexibility index (Phi) is 3.64. The summed E-state index contributed by atoms with van der Waals surface area (Å²) in [5.41, 5.74) is 2.31. The standard InChI is InChI=1S/C13H18N2OS/c1-9(2)14-7-6-10-4-5-11-12(8-10)17-13(16)15(11)3/h4-5,8-9,14H,6-7H2,1-3H3. The lowest BCUT2D eigenvalue weighted by molar-refractivity contribution is 0.590. The lowest BCUT2D eigenvalue weighted by Crippen LogP contribution is -2.24. The first-order valence-corrected chi connectivity index (χ1v) is 6.71. The summed E-state index contributed by atoms with van der Waals surface area (Å²) in [6, 6.07) is 6.80. The van der Waals surface area contributed by atoms with E-state index >= 15 is 0 Å². The zero-order valence-electron chi connectivity index (χ0n) is 10.5. The fraction of sp³-hybridized carbons (Fsp3) is 0.462. The molecule has 92 valence electrons. The van der Waals surface area contributed by atoms with Crippen LogP contribution in [0.25, 0.3) is 10.2 Å². The highest BCUT2D eigenvalue weighted by Crippen LogP contribution is 2.18. The van der Waals surface area contributed by atoms with Crippen molar-refractivity contribution in [2.75, 3.05) is 6.54 Å². The number of hydrogen-bond acceptors (Lipinski definition) is 3. The topological polar surface area (TPSA) is 34.0 Å². The molecule has 1 heterocycles. The molecule has 0 saturated carbocycles. The van der Waals surface area contributed by atoms with E-state index in [0.717, 1.165) is 23.2 Å². The van der Waals surface area contributed by atoms with Crippen molar-refractivity contribution in [3.8, 4) is 0 Å². The molecule has 2 rings (SSSR count). The highest BCUT2D eigenvalue weighted by atomic mass is 32.1. The Labute approximate surface area is 105 Å². The molecule has 1 aromatic carbocycles. The van der Waals surface area contributed by atoms with E-state index in [9.17, 15) is 4.79 Å². The summed E-state index contributed by atoms with van der Waals surface area (Å²) < 4.78 is 2.79. The van der Waals surface area contributed by atoms with Crippen LogP contribution < -0.4 is 10.2 Å². The van der Waals surface area contributed by atoms with E-state index in [1.807, 2.05) is 13.1 Å². The number of hydrogen-bond donors (Lipinski definition) is 1. The smallest absolute Gasteiger partial charge is 0.307 e. The zero-order valence-corrected chi connectivity index (χ0v) is 11.3. The molecule has 0 aliphatic rings. The van der Waals surface area contributed by atoms with Gasteiger partial charge in [0, 0.05) is 13.1 Å². The van der Waals surface area contributed by atoms with Crippen LogP contribution in [0.2, 0.25) is 0 Å². The van der Waals surface area contributed by atoms with E-state index in [0.29, 0.717) is 6.04 Å². The van der Waals surface area contributed by atoms with Gasteiger partial charge in [0.25, 0.3) is 0 Å². The highest BCUT2D eigenvalue weighted by molar-refractivity contribution is 7.16. The maximum absolute atomic E-state index is 11.5. The largest absolute Gasteiger partial charge is 0.314 e. The average molecular weight is 250 g/mol. The zero-order chi connectivity index (χ0) is 12.4. The van der Waals surface area contributed by atoms with Gasteiger partial charge in [-0.15, -0.1) is 0 Å². The number of nitrogens with zero attached hydrogens (tertiary/aromatic N) is 1. The molecule has 0 atom stereocenters. The Hall–Kier alpha value is -1.13. The van der Waals surface area contributed by atoms with E-state index in [4.69, 9.17) is 0 Å². The Morgan fingerprint density at radius 1 is 1.41 bits per heavy atom. The number of thiazole rings is 1. The Morgan fingerprint density at radius 3 is 2.88 bits per heavy atom. The summed E-state index contributed by atoms with van der Waals surface area (Å²) in [6.45, 7) is 5.27. The third-order valence-electron chi connectivity index (χ3n) is 2.82. The summed E-state index contributed by atoms with van der Waals surface area (Å²) >= 11 is 1.32. The quantitative estimate of drug-likeness (QED) is 0.902. The summed E-state index contributed by atoms with van der Waals surface area (Å²) in [4.78, 5) is 11.6. The van der Waals surface area contributed by atoms with Gasteiger partial charge < -0.3 is 9.88 Å². The number of aryl methyl sites for hydroxylation is 1. The molecule has 0 aliphatic carbocycles. The Balaban J connectivity index is 2.18. The molecule has 0 amide bonds. The molecule has 0 bridgehead atoms. The Bertz CT molecular complexity index is 568. The van der Waals surface area contributed by atoms with Gasteiger partial charge in [0.1, 0.15) is 0 Å². The number of aromatic nitrogens is 1. The van der Waals surface area contributed by atoms with E-state index in [2.05, 4.69) is 31.3 Å². The van der Waals surface area contributed by atoms with Gasteiger partial charge in [-0.1, -0.05) is 31.3 Å². The van der Waals surface area contributed by atoms with Crippen LogP contribution >= 0.6 is 11.3 Å². The molecular weight excluding hydrogens is 232 g/mol. The van der Waals surface area contributed by atoms with Crippen LogP contribution in [0, 0.1) is 0 Å². The van der Waals surface area contributed by atoms with Crippen LogP contribution in [0.15, 0.2) is 23.0 Å². The van der Waals surface area contributed by atoms with Crippen LogP contribution in [0.3, 0.4) is 0 Å². The molecule has 2 aromatic rings. The summed E-state index contributed by atoms with van der Waals surface area (Å²) in [5.74, 6) is 0. The van der Waals surface area contributed by atoms with Crippen molar-refractivity contribution >= 4 is 21.6 Å². The normalized spacial score (nSPS) is 11.5. The van der Waals surface area contributed by atoms with Crippen molar-refractivity contribution < 1.29 is 0 Å². The molecule has 0 radical (unpaired) electrons. The predicted molar refractivity (Wildman–Crippen MR) is 73.9 cm³/mol. The van der Waals surface area contributed by atoms with Gasteiger partial charge in [0.2, 0.25) is 0 Å². The van der Waals surface area contributed by atoms with E-state index in [-0.39, 0.29) is 4.87 Å². The van der Waals surface area contributed by atoms with Gasteiger partial charge in [-0.25, -0.2) is 0 Å². The summed E-state index contributed by atoms with van der Waals surface area (Å²) in [7, 11) is 1.82. The molecule has 1 aromatic heterocycles. The van der Waals surface area contributed by atoms with Crippen LogP contribution in [0.5, 0.6) is 0 Å². The number of benzene rings is 1. The lowest BCUT2D eigenvalue weighted by atomic mass is 10.1. The average Bonchev–Trinajstić information content (AvgIpc) is 2.54. The van der Waals surface area contributed by atoms with Crippen molar-refractivity contribution in [2.45, 2.75) is 26.3 Å². The van der Waals surface area contributed by atoms with Gasteiger partial charge in [0.05, 0.1) is 10.2 Å². The van der Waals surface area contributed by atoms with Gasteiger partial charge in [0.15, 0.2) is 0 Å². The molecule has 0 fully saturated rings. The van der Waals surface area contributed by atoms with E-state index in [1.54, 1.807) is 4.57 Å². The molecule has 0 spiro atoms. The maximum atomic E-state index is 11.5. The first-order valence-electron chi connectivity index (χ1n) is 5.90. The second-order valence-corrected chi connectivity index (χ2v) is 5.58. The minimum atomic E-state index is 0.109. The second-order valence-electron chi connectivity index (χ2n) is 4.59. The van der Waals surface area contributed by atoms with Gasteiger partial charge in [-0.05, 0) is 30.7 Å². The van der Waals surface area contributed by atoms with Gasteiger partial charge >= 0.3 is 4.87 Å². The fourth-order valence-electron chi connectivity index (χ4n) is 1.84. The summed E-state index contributed by atoms with van der Waals surface area (Å²) in [5, 5.41) is 3.40. The van der Waals surface area contributed by atoms with Crippen molar-refractivity contribution in [1.29, 1.82) is 0 Å². The molecule has 0 saturated heterocycles. The third kappa shape index (κ3) is 2.76. The maximum Gasteiger partial charge on any atom is 0.307 e. The van der Waals surface area contributed by atoms with Crippen LogP contribution in [0.1, 0.15) is 19.4 Å². The molecule has 17 heavy (non-hydrogen) atoms. The minimum absolute atomic E-state index is 0.109. The number of nitrogens with one attached hydrogen (secondary N) is 1. The SMILES string of the molecule is CC(C)NCCc1ccc2c(c1)sc(=O)n2C. The first-order chi connectivity index (χ1) is 8.08. The third-order valence-corrected chi connectivity index (χ3v) is 3.82. The molecular formula is C13H18N2OS. The molecule has 4 heteroatoms. The molecule has 0 aliphatic heterocycles. The Morgan fingerprint density at radius 2 is 2.18 bits per heavy atom. The molecule has 1 N–H and O–H groups in total.